The zero-order chi connectivity index (χ0) is 19.7. The zero-order valence-electron chi connectivity index (χ0n) is 15.1. The van der Waals surface area contributed by atoms with Crippen LogP contribution in [0.15, 0.2) is 28.7 Å². The molecule has 4 rings (SSSR count). The van der Waals surface area contributed by atoms with E-state index in [4.69, 9.17) is 14.9 Å². The Morgan fingerprint density at radius 2 is 1.96 bits per heavy atom. The van der Waals surface area contributed by atoms with E-state index in [0.717, 1.165) is 31.9 Å². The molecule has 2 aliphatic rings. The van der Waals surface area contributed by atoms with Crippen LogP contribution in [0.4, 0.5) is 13.6 Å². The van der Waals surface area contributed by atoms with Crippen molar-refractivity contribution in [3.05, 3.63) is 35.7 Å². The predicted octanol–water partition coefficient (Wildman–Crippen LogP) is 1.68. The number of carbonyl (C=O) groups excluding carboxylic acids is 1. The first-order chi connectivity index (χ1) is 13.5. The summed E-state index contributed by atoms with van der Waals surface area (Å²) < 4.78 is 35.4. The van der Waals surface area contributed by atoms with Crippen molar-refractivity contribution in [2.24, 2.45) is 5.73 Å². The lowest BCUT2D eigenvalue weighted by Crippen LogP contribution is -2.62. The largest absolute Gasteiger partial charge is 0.415 e. The summed E-state index contributed by atoms with van der Waals surface area (Å²) in [5, 5.41) is 6.98. The molecule has 0 saturated carbocycles. The second-order valence-electron chi connectivity index (χ2n) is 7.02. The second-order valence-corrected chi connectivity index (χ2v) is 7.02. The third-order valence-corrected chi connectivity index (χ3v) is 5.23. The molecule has 2 saturated heterocycles. The van der Waals surface area contributed by atoms with E-state index in [0.29, 0.717) is 24.6 Å². The quantitative estimate of drug-likeness (QED) is 0.830. The molecule has 0 spiro atoms. The topological polar surface area (TPSA) is 97.7 Å². The molecule has 2 fully saturated rings. The highest BCUT2D eigenvalue weighted by Crippen LogP contribution is 2.25. The van der Waals surface area contributed by atoms with Crippen LogP contribution in [0.25, 0.3) is 11.5 Å². The Morgan fingerprint density at radius 3 is 2.54 bits per heavy atom. The van der Waals surface area contributed by atoms with Crippen LogP contribution in [-0.2, 0) is 11.2 Å². The van der Waals surface area contributed by atoms with Gasteiger partial charge in [0.1, 0.15) is 0 Å². The summed E-state index contributed by atoms with van der Waals surface area (Å²) in [6, 6.07) is 7.17. The van der Waals surface area contributed by atoms with Gasteiger partial charge in [0.25, 0.3) is 5.89 Å². The van der Waals surface area contributed by atoms with Gasteiger partial charge in [-0.05, 0) is 24.1 Å². The Bertz CT molecular complexity index is 825. The van der Waals surface area contributed by atoms with E-state index in [2.05, 4.69) is 15.1 Å². The number of amides is 2. The molecule has 1 aromatic heterocycles. The monoisotopic (exact) mass is 393 g/mol. The van der Waals surface area contributed by atoms with Gasteiger partial charge in [-0.25, -0.2) is 4.79 Å². The molecule has 1 unspecified atom stereocenters. The van der Waals surface area contributed by atoms with Crippen LogP contribution in [0.2, 0.25) is 0 Å². The van der Waals surface area contributed by atoms with Gasteiger partial charge in [0.15, 0.2) is 0 Å². The molecular formula is C18H21F2N5O3. The average molecular weight is 393 g/mol. The molecule has 2 amide bonds. The van der Waals surface area contributed by atoms with Crippen molar-refractivity contribution >= 4 is 6.03 Å². The first-order valence-corrected chi connectivity index (χ1v) is 9.10. The highest BCUT2D eigenvalue weighted by molar-refractivity contribution is 5.72. The standard InChI is InChI=1S/C18H21F2N5O3/c19-15(20)17-23-22-16(28-17)12-3-1-11(2-4-12)7-13-8-24(14-9-27-10-14)5-6-25(13)18(21)26/h1-4,13-15H,5-10H2,(H2,21,26). The molecule has 150 valence electrons. The molecule has 8 nitrogen and oxygen atoms in total. The summed E-state index contributed by atoms with van der Waals surface area (Å²) in [6.07, 6.45) is -2.16. The molecule has 2 aliphatic heterocycles. The number of hydrogen-bond donors (Lipinski definition) is 1. The van der Waals surface area contributed by atoms with Crippen molar-refractivity contribution < 1.29 is 22.7 Å². The average Bonchev–Trinajstić information content (AvgIpc) is 3.11. The number of primary amides is 1. The van der Waals surface area contributed by atoms with E-state index < -0.39 is 18.3 Å². The molecule has 0 aliphatic carbocycles. The lowest BCUT2D eigenvalue weighted by Gasteiger charge is -2.46. The van der Waals surface area contributed by atoms with Gasteiger partial charge in [-0.1, -0.05) is 12.1 Å². The summed E-state index contributed by atoms with van der Waals surface area (Å²) in [5.41, 5.74) is 7.12. The number of piperazine rings is 1. The molecule has 28 heavy (non-hydrogen) atoms. The first-order valence-electron chi connectivity index (χ1n) is 9.10. The maximum absolute atomic E-state index is 12.6. The second kappa shape index (κ2) is 7.80. The number of carbonyl (C=O) groups is 1. The minimum absolute atomic E-state index is 0.0356. The molecule has 2 aromatic rings. The van der Waals surface area contributed by atoms with Crippen molar-refractivity contribution in [2.75, 3.05) is 32.8 Å². The Labute approximate surface area is 160 Å². The van der Waals surface area contributed by atoms with E-state index in [1.807, 2.05) is 12.1 Å². The fourth-order valence-electron chi connectivity index (χ4n) is 3.60. The number of nitrogens with two attached hydrogens (primary N) is 1. The maximum Gasteiger partial charge on any atom is 0.315 e. The molecule has 0 bridgehead atoms. The third kappa shape index (κ3) is 3.83. The summed E-state index contributed by atoms with van der Waals surface area (Å²) in [7, 11) is 0. The van der Waals surface area contributed by atoms with E-state index in [9.17, 15) is 13.6 Å². The summed E-state index contributed by atoms with van der Waals surface area (Å²) in [6.45, 7) is 3.56. The normalized spacial score (nSPS) is 21.1. The number of rotatable bonds is 5. The molecule has 0 radical (unpaired) electrons. The fourth-order valence-corrected chi connectivity index (χ4v) is 3.60. The Balaban J connectivity index is 1.45. The maximum atomic E-state index is 12.6. The number of urea groups is 1. The van der Waals surface area contributed by atoms with Crippen LogP contribution in [-0.4, -0.2) is 71.0 Å². The van der Waals surface area contributed by atoms with E-state index >= 15 is 0 Å². The first kappa shape index (κ1) is 18.8. The summed E-state index contributed by atoms with van der Waals surface area (Å²) in [5.74, 6) is -0.645. The van der Waals surface area contributed by atoms with Crippen molar-refractivity contribution in [3.63, 3.8) is 0 Å². The molecule has 3 heterocycles. The summed E-state index contributed by atoms with van der Waals surface area (Å²) >= 11 is 0. The van der Waals surface area contributed by atoms with Crippen LogP contribution in [0, 0.1) is 0 Å². The van der Waals surface area contributed by atoms with E-state index in [1.165, 1.54) is 0 Å². The van der Waals surface area contributed by atoms with Crippen molar-refractivity contribution in [2.45, 2.75) is 24.9 Å². The molecule has 2 N–H and O–H groups in total. The van der Waals surface area contributed by atoms with Gasteiger partial charge in [0.2, 0.25) is 5.89 Å². The molecule has 1 aromatic carbocycles. The van der Waals surface area contributed by atoms with Crippen molar-refractivity contribution in [1.29, 1.82) is 0 Å². The van der Waals surface area contributed by atoms with E-state index in [1.54, 1.807) is 17.0 Å². The fraction of sp³-hybridized carbons (Fsp3) is 0.500. The van der Waals surface area contributed by atoms with E-state index in [-0.39, 0.29) is 11.9 Å². The minimum Gasteiger partial charge on any atom is -0.415 e. The highest BCUT2D eigenvalue weighted by Gasteiger charge is 2.35. The highest BCUT2D eigenvalue weighted by atomic mass is 19.3. The Kier molecular flexibility index (Phi) is 5.23. The number of hydrogen-bond acceptors (Lipinski definition) is 6. The summed E-state index contributed by atoms with van der Waals surface area (Å²) in [4.78, 5) is 15.9. The number of ether oxygens (including phenoxy) is 1. The molecular weight excluding hydrogens is 372 g/mol. The predicted molar refractivity (Wildman–Crippen MR) is 94.7 cm³/mol. The van der Waals surface area contributed by atoms with Crippen LogP contribution in [0.5, 0.6) is 0 Å². The molecule has 10 heteroatoms. The number of aromatic nitrogens is 2. The lowest BCUT2D eigenvalue weighted by molar-refractivity contribution is -0.0813. The number of alkyl halides is 2. The Hall–Kier alpha value is -2.59. The number of halogens is 2. The number of benzene rings is 1. The van der Waals surface area contributed by atoms with Gasteiger partial charge in [-0.3, -0.25) is 4.90 Å². The van der Waals surface area contributed by atoms with Gasteiger partial charge in [0, 0.05) is 25.2 Å². The smallest absolute Gasteiger partial charge is 0.315 e. The minimum atomic E-state index is -2.80. The third-order valence-electron chi connectivity index (χ3n) is 5.23. The number of nitrogens with zero attached hydrogens (tertiary/aromatic N) is 4. The van der Waals surface area contributed by atoms with Crippen LogP contribution in [0.3, 0.4) is 0 Å². The van der Waals surface area contributed by atoms with Gasteiger partial charge in [-0.15, -0.1) is 10.2 Å². The Morgan fingerprint density at radius 1 is 1.21 bits per heavy atom. The van der Waals surface area contributed by atoms with Gasteiger partial charge < -0.3 is 19.8 Å². The van der Waals surface area contributed by atoms with Crippen LogP contribution >= 0.6 is 0 Å². The van der Waals surface area contributed by atoms with Gasteiger partial charge in [-0.2, -0.15) is 8.78 Å². The van der Waals surface area contributed by atoms with Gasteiger partial charge in [0.05, 0.1) is 25.3 Å². The van der Waals surface area contributed by atoms with Gasteiger partial charge >= 0.3 is 12.5 Å². The van der Waals surface area contributed by atoms with Crippen LogP contribution < -0.4 is 5.73 Å². The lowest BCUT2D eigenvalue weighted by atomic mass is 10.00. The zero-order valence-corrected chi connectivity index (χ0v) is 15.1. The van der Waals surface area contributed by atoms with Crippen LogP contribution in [0.1, 0.15) is 17.9 Å². The van der Waals surface area contributed by atoms with Crippen molar-refractivity contribution in [1.82, 2.24) is 20.0 Å². The molecule has 1 atom stereocenters. The SMILES string of the molecule is NC(=O)N1CCN(C2COC2)CC1Cc1ccc(-c2nnc(C(F)F)o2)cc1. The van der Waals surface area contributed by atoms with Crippen molar-refractivity contribution in [3.8, 4) is 11.5 Å².